The second-order valence-corrected chi connectivity index (χ2v) is 3.22. The minimum absolute atomic E-state index is 0.330. The Morgan fingerprint density at radius 2 is 2.25 bits per heavy atom. The van der Waals surface area contributed by atoms with Crippen molar-refractivity contribution in [1.82, 2.24) is 0 Å². The standard InChI is InChI=1S/C8H8O3S/c1-5(8(10)11)7(9)6-2-3-12-4-6/h2-5H,1H3,(H,10,11). The van der Waals surface area contributed by atoms with Gasteiger partial charge in [0.1, 0.15) is 5.92 Å². The van der Waals surface area contributed by atoms with Gasteiger partial charge >= 0.3 is 5.97 Å². The Labute approximate surface area is 73.6 Å². The number of hydrogen-bond acceptors (Lipinski definition) is 3. The molecule has 1 rings (SSSR count). The van der Waals surface area contributed by atoms with E-state index in [1.54, 1.807) is 16.8 Å². The van der Waals surface area contributed by atoms with Gasteiger partial charge in [-0.1, -0.05) is 0 Å². The molecule has 3 nitrogen and oxygen atoms in total. The van der Waals surface area contributed by atoms with Crippen molar-refractivity contribution in [2.45, 2.75) is 6.92 Å². The van der Waals surface area contributed by atoms with Crippen molar-refractivity contribution in [3.63, 3.8) is 0 Å². The maximum Gasteiger partial charge on any atom is 0.314 e. The molecule has 0 bridgehead atoms. The third kappa shape index (κ3) is 1.71. The molecule has 0 saturated carbocycles. The molecule has 1 unspecified atom stereocenters. The van der Waals surface area contributed by atoms with Gasteiger partial charge in [-0.2, -0.15) is 11.3 Å². The number of carbonyl (C=O) groups excluding carboxylic acids is 1. The molecule has 0 aliphatic heterocycles. The first kappa shape index (κ1) is 8.93. The Bertz CT molecular complexity index is 289. The van der Waals surface area contributed by atoms with E-state index in [4.69, 9.17) is 5.11 Å². The van der Waals surface area contributed by atoms with Gasteiger partial charge in [0, 0.05) is 10.9 Å². The predicted octanol–water partition coefficient (Wildman–Crippen LogP) is 1.65. The van der Waals surface area contributed by atoms with Crippen LogP contribution in [0.3, 0.4) is 0 Å². The number of hydrogen-bond donors (Lipinski definition) is 1. The molecule has 0 radical (unpaired) electrons. The minimum Gasteiger partial charge on any atom is -0.481 e. The van der Waals surface area contributed by atoms with Crippen LogP contribution in [0.1, 0.15) is 17.3 Å². The zero-order valence-electron chi connectivity index (χ0n) is 6.48. The monoisotopic (exact) mass is 184 g/mol. The van der Waals surface area contributed by atoms with E-state index in [-0.39, 0.29) is 5.78 Å². The van der Waals surface area contributed by atoms with E-state index in [2.05, 4.69) is 0 Å². The maximum absolute atomic E-state index is 11.3. The fraction of sp³-hybridized carbons (Fsp3) is 0.250. The number of carboxylic acid groups (broad SMARTS) is 1. The van der Waals surface area contributed by atoms with Crippen LogP contribution in [0.4, 0.5) is 0 Å². The number of thiophene rings is 1. The van der Waals surface area contributed by atoms with Gasteiger partial charge in [-0.25, -0.2) is 0 Å². The molecule has 0 amide bonds. The van der Waals surface area contributed by atoms with Crippen LogP contribution >= 0.6 is 11.3 Å². The summed E-state index contributed by atoms with van der Waals surface area (Å²) in [7, 11) is 0. The van der Waals surface area contributed by atoms with E-state index in [1.807, 2.05) is 0 Å². The normalized spacial score (nSPS) is 12.4. The van der Waals surface area contributed by atoms with E-state index in [0.717, 1.165) is 0 Å². The molecule has 0 aliphatic rings. The highest BCUT2D eigenvalue weighted by molar-refractivity contribution is 7.08. The van der Waals surface area contributed by atoms with Crippen molar-refractivity contribution >= 4 is 23.1 Å². The quantitative estimate of drug-likeness (QED) is 0.574. The van der Waals surface area contributed by atoms with E-state index in [9.17, 15) is 9.59 Å². The zero-order chi connectivity index (χ0) is 9.14. The van der Waals surface area contributed by atoms with Crippen LogP contribution in [-0.2, 0) is 4.79 Å². The van der Waals surface area contributed by atoms with Gasteiger partial charge in [-0.3, -0.25) is 9.59 Å². The molecule has 0 aromatic carbocycles. The van der Waals surface area contributed by atoms with E-state index >= 15 is 0 Å². The van der Waals surface area contributed by atoms with Crippen molar-refractivity contribution in [2.24, 2.45) is 5.92 Å². The second kappa shape index (κ2) is 3.49. The van der Waals surface area contributed by atoms with Crippen LogP contribution in [0.15, 0.2) is 16.8 Å². The SMILES string of the molecule is CC(C(=O)O)C(=O)c1ccsc1. The van der Waals surface area contributed by atoms with Gasteiger partial charge in [0.05, 0.1) is 0 Å². The lowest BCUT2D eigenvalue weighted by Crippen LogP contribution is -2.19. The van der Waals surface area contributed by atoms with Gasteiger partial charge in [-0.05, 0) is 18.4 Å². The summed E-state index contributed by atoms with van der Waals surface area (Å²) in [4.78, 5) is 21.7. The van der Waals surface area contributed by atoms with Gasteiger partial charge in [0.2, 0.25) is 0 Å². The van der Waals surface area contributed by atoms with Crippen molar-refractivity contribution in [2.75, 3.05) is 0 Å². The molecule has 1 heterocycles. The molecule has 1 atom stereocenters. The first-order valence-electron chi connectivity index (χ1n) is 3.42. The number of rotatable bonds is 3. The first-order valence-corrected chi connectivity index (χ1v) is 4.36. The zero-order valence-corrected chi connectivity index (χ0v) is 7.30. The fourth-order valence-electron chi connectivity index (χ4n) is 0.767. The number of ketones is 1. The van der Waals surface area contributed by atoms with Crippen molar-refractivity contribution in [1.29, 1.82) is 0 Å². The fourth-order valence-corrected chi connectivity index (χ4v) is 1.41. The molecule has 64 valence electrons. The minimum atomic E-state index is -1.08. The van der Waals surface area contributed by atoms with Crippen LogP contribution in [0.5, 0.6) is 0 Å². The van der Waals surface area contributed by atoms with E-state index in [1.165, 1.54) is 18.3 Å². The highest BCUT2D eigenvalue weighted by Gasteiger charge is 2.21. The number of aliphatic carboxylic acids is 1. The van der Waals surface area contributed by atoms with Crippen molar-refractivity contribution in [3.8, 4) is 0 Å². The summed E-state index contributed by atoms with van der Waals surface area (Å²) in [6.45, 7) is 1.39. The van der Waals surface area contributed by atoms with Crippen LogP contribution in [0.25, 0.3) is 0 Å². The molecule has 4 heteroatoms. The third-order valence-electron chi connectivity index (χ3n) is 1.57. The van der Waals surface area contributed by atoms with Crippen LogP contribution < -0.4 is 0 Å². The van der Waals surface area contributed by atoms with Crippen LogP contribution in [0.2, 0.25) is 0 Å². The molecule has 12 heavy (non-hydrogen) atoms. The largest absolute Gasteiger partial charge is 0.481 e. The number of carboxylic acids is 1. The van der Waals surface area contributed by atoms with Crippen LogP contribution in [-0.4, -0.2) is 16.9 Å². The Balaban J connectivity index is 2.79. The summed E-state index contributed by atoms with van der Waals surface area (Å²) in [5.41, 5.74) is 0.481. The first-order chi connectivity index (χ1) is 5.63. The van der Waals surface area contributed by atoms with Gasteiger partial charge in [0.25, 0.3) is 0 Å². The number of carbonyl (C=O) groups is 2. The lowest BCUT2D eigenvalue weighted by Gasteiger charge is -2.01. The summed E-state index contributed by atoms with van der Waals surface area (Å²) in [6.07, 6.45) is 0. The maximum atomic E-state index is 11.3. The number of Topliss-reactive ketones (excluding diaryl/α,β-unsaturated/α-hetero) is 1. The van der Waals surface area contributed by atoms with Gasteiger partial charge in [0.15, 0.2) is 5.78 Å². The predicted molar refractivity (Wildman–Crippen MR) is 45.4 cm³/mol. The average Bonchev–Trinajstić information content (AvgIpc) is 2.53. The molecule has 1 aromatic heterocycles. The van der Waals surface area contributed by atoms with Crippen molar-refractivity contribution in [3.05, 3.63) is 22.4 Å². The summed E-state index contributed by atoms with van der Waals surface area (Å²) >= 11 is 1.38. The van der Waals surface area contributed by atoms with Gasteiger partial charge < -0.3 is 5.11 Å². The summed E-state index contributed by atoms with van der Waals surface area (Å²) in [5, 5.41) is 11.9. The Kier molecular flexibility index (Phi) is 2.60. The summed E-state index contributed by atoms with van der Waals surface area (Å²) in [6, 6.07) is 1.63. The smallest absolute Gasteiger partial charge is 0.314 e. The Hall–Kier alpha value is -1.16. The molecule has 1 aromatic rings. The molecule has 0 fully saturated rings. The van der Waals surface area contributed by atoms with Crippen molar-refractivity contribution < 1.29 is 14.7 Å². The summed E-state index contributed by atoms with van der Waals surface area (Å²) < 4.78 is 0. The highest BCUT2D eigenvalue weighted by atomic mass is 32.1. The molecule has 0 aliphatic carbocycles. The van der Waals surface area contributed by atoms with E-state index < -0.39 is 11.9 Å². The second-order valence-electron chi connectivity index (χ2n) is 2.44. The Morgan fingerprint density at radius 3 is 2.67 bits per heavy atom. The van der Waals surface area contributed by atoms with Crippen LogP contribution in [0, 0.1) is 5.92 Å². The summed E-state index contributed by atoms with van der Waals surface area (Å²) in [5.74, 6) is -2.35. The molecule has 0 spiro atoms. The highest BCUT2D eigenvalue weighted by Crippen LogP contribution is 2.12. The molecule has 1 N–H and O–H groups in total. The molecule has 0 saturated heterocycles. The molecular formula is C8H8O3S. The lowest BCUT2D eigenvalue weighted by atomic mass is 10.0. The third-order valence-corrected chi connectivity index (χ3v) is 2.25. The Morgan fingerprint density at radius 1 is 1.58 bits per heavy atom. The topological polar surface area (TPSA) is 54.4 Å². The lowest BCUT2D eigenvalue weighted by molar-refractivity contribution is -0.139. The average molecular weight is 184 g/mol. The molecular weight excluding hydrogens is 176 g/mol. The van der Waals surface area contributed by atoms with E-state index in [0.29, 0.717) is 5.56 Å². The van der Waals surface area contributed by atoms with Gasteiger partial charge in [-0.15, -0.1) is 0 Å².